The van der Waals surface area contributed by atoms with Gasteiger partial charge < -0.3 is 4.74 Å². The third-order valence-corrected chi connectivity index (χ3v) is 3.00. The van der Waals surface area contributed by atoms with Gasteiger partial charge >= 0.3 is 0 Å². The fraction of sp³-hybridized carbons (Fsp3) is 0.333. The van der Waals surface area contributed by atoms with Crippen LogP contribution in [-0.4, -0.2) is 22.7 Å². The Morgan fingerprint density at radius 2 is 2.00 bits per heavy atom. The number of hydrogen-bond donors (Lipinski definition) is 0. The van der Waals surface area contributed by atoms with Crippen LogP contribution in [0.3, 0.4) is 0 Å². The number of aromatic nitrogens is 2. The molecule has 1 heterocycles. The Hall–Kier alpha value is -2.10. The molecule has 0 fully saturated rings. The van der Waals surface area contributed by atoms with Crippen LogP contribution in [0, 0.1) is 0 Å². The van der Waals surface area contributed by atoms with Crippen LogP contribution >= 0.6 is 0 Å². The second-order valence-electron chi connectivity index (χ2n) is 4.54. The zero-order valence-electron chi connectivity index (χ0n) is 11.3. The molecule has 19 heavy (non-hydrogen) atoms. The molecule has 1 aromatic carbocycles. The van der Waals surface area contributed by atoms with Gasteiger partial charge in [0.05, 0.1) is 19.2 Å². The number of methoxy groups -OCH3 is 1. The van der Waals surface area contributed by atoms with Crippen molar-refractivity contribution in [3.8, 4) is 5.75 Å². The average molecular weight is 258 g/mol. The van der Waals surface area contributed by atoms with Gasteiger partial charge in [0, 0.05) is 19.7 Å². The summed E-state index contributed by atoms with van der Waals surface area (Å²) < 4.78 is 6.81. The van der Waals surface area contributed by atoms with Gasteiger partial charge in [-0.2, -0.15) is 5.10 Å². The predicted octanol–water partition coefficient (Wildman–Crippen LogP) is 2.17. The maximum atomic E-state index is 11.8. The summed E-state index contributed by atoms with van der Waals surface area (Å²) in [6, 6.07) is 9.70. The minimum atomic E-state index is 0.217. The van der Waals surface area contributed by atoms with Crippen molar-refractivity contribution < 1.29 is 9.53 Å². The zero-order valence-corrected chi connectivity index (χ0v) is 11.3. The first kappa shape index (κ1) is 13.3. The lowest BCUT2D eigenvalue weighted by atomic mass is 10.1. The second-order valence-corrected chi connectivity index (χ2v) is 4.54. The molecule has 4 nitrogen and oxygen atoms in total. The quantitative estimate of drug-likeness (QED) is 0.797. The van der Waals surface area contributed by atoms with Crippen LogP contribution in [0.15, 0.2) is 36.5 Å². The number of ketones is 1. The molecule has 0 aliphatic carbocycles. The van der Waals surface area contributed by atoms with E-state index in [1.165, 1.54) is 0 Å². The molecule has 1 aromatic heterocycles. The number of rotatable bonds is 6. The zero-order chi connectivity index (χ0) is 13.7. The summed E-state index contributed by atoms with van der Waals surface area (Å²) in [4.78, 5) is 11.8. The van der Waals surface area contributed by atoms with E-state index in [4.69, 9.17) is 4.74 Å². The predicted molar refractivity (Wildman–Crippen MR) is 73.2 cm³/mol. The number of ether oxygens (including phenoxy) is 1. The highest BCUT2D eigenvalue weighted by molar-refractivity contribution is 5.80. The molecule has 0 saturated carbocycles. The molecule has 0 saturated heterocycles. The van der Waals surface area contributed by atoms with Crippen molar-refractivity contribution in [2.75, 3.05) is 7.11 Å². The van der Waals surface area contributed by atoms with E-state index < -0.39 is 0 Å². The Balaban J connectivity index is 1.82. The van der Waals surface area contributed by atoms with Crippen LogP contribution in [-0.2, 0) is 24.7 Å². The van der Waals surface area contributed by atoms with Crippen LogP contribution in [0.4, 0.5) is 0 Å². The third-order valence-electron chi connectivity index (χ3n) is 3.00. The fourth-order valence-corrected chi connectivity index (χ4v) is 1.92. The number of Topliss-reactive ketones (excluding diaryl/α,β-unsaturated/α-hetero) is 1. The number of nitrogens with zero attached hydrogens (tertiary/aromatic N) is 2. The first-order valence-electron chi connectivity index (χ1n) is 6.30. The largest absolute Gasteiger partial charge is 0.497 e. The Morgan fingerprint density at radius 3 is 2.58 bits per heavy atom. The third kappa shape index (κ3) is 3.95. The highest BCUT2D eigenvalue weighted by Gasteiger charge is 2.06. The highest BCUT2D eigenvalue weighted by Crippen LogP contribution is 2.13. The van der Waals surface area contributed by atoms with Crippen LogP contribution in [0.5, 0.6) is 5.75 Å². The maximum Gasteiger partial charge on any atom is 0.139 e. The van der Waals surface area contributed by atoms with Crippen molar-refractivity contribution in [3.63, 3.8) is 0 Å². The summed E-state index contributed by atoms with van der Waals surface area (Å²) in [5.74, 6) is 1.05. The Morgan fingerprint density at radius 1 is 1.26 bits per heavy atom. The lowest BCUT2D eigenvalue weighted by Gasteiger charge is -2.03. The molecule has 100 valence electrons. The van der Waals surface area contributed by atoms with Gasteiger partial charge in [-0.25, -0.2) is 0 Å². The van der Waals surface area contributed by atoms with Crippen molar-refractivity contribution in [2.45, 2.75) is 19.3 Å². The molecular formula is C15H18N2O2. The van der Waals surface area contributed by atoms with Gasteiger partial charge in [0.25, 0.3) is 0 Å². The summed E-state index contributed by atoms with van der Waals surface area (Å²) in [6.45, 7) is 0. The Labute approximate surface area is 113 Å². The van der Waals surface area contributed by atoms with E-state index in [1.807, 2.05) is 43.6 Å². The lowest BCUT2D eigenvalue weighted by Crippen LogP contribution is -2.05. The first-order valence-corrected chi connectivity index (χ1v) is 6.30. The molecule has 0 bridgehead atoms. The molecule has 2 aromatic rings. The van der Waals surface area contributed by atoms with Crippen molar-refractivity contribution in [2.24, 2.45) is 7.05 Å². The van der Waals surface area contributed by atoms with Crippen LogP contribution in [0.25, 0.3) is 0 Å². The van der Waals surface area contributed by atoms with Gasteiger partial charge in [0.15, 0.2) is 0 Å². The van der Waals surface area contributed by atoms with E-state index in [-0.39, 0.29) is 5.78 Å². The molecule has 4 heteroatoms. The van der Waals surface area contributed by atoms with Crippen molar-refractivity contribution in [1.29, 1.82) is 0 Å². The molecule has 0 atom stereocenters. The lowest BCUT2D eigenvalue weighted by molar-refractivity contribution is -0.118. The molecule has 0 aliphatic rings. The maximum absolute atomic E-state index is 11.8. The summed E-state index contributed by atoms with van der Waals surface area (Å²) in [6.07, 6.45) is 3.57. The molecule has 0 amide bonds. The number of hydrogen-bond acceptors (Lipinski definition) is 3. The number of benzene rings is 1. The van der Waals surface area contributed by atoms with E-state index in [0.29, 0.717) is 12.8 Å². The van der Waals surface area contributed by atoms with Gasteiger partial charge in [-0.3, -0.25) is 9.48 Å². The summed E-state index contributed by atoms with van der Waals surface area (Å²) in [5.41, 5.74) is 1.98. The monoisotopic (exact) mass is 258 g/mol. The van der Waals surface area contributed by atoms with E-state index >= 15 is 0 Å². The smallest absolute Gasteiger partial charge is 0.139 e. The van der Waals surface area contributed by atoms with Crippen molar-refractivity contribution in [1.82, 2.24) is 9.78 Å². The highest BCUT2D eigenvalue weighted by atomic mass is 16.5. The minimum absolute atomic E-state index is 0.217. The Bertz CT molecular complexity index is 544. The standard InChI is InChI=1S/C15H18N2O2/c1-17-10-9-13(16-17)11-14(18)6-3-12-4-7-15(19-2)8-5-12/h4-5,7-10H,3,6,11H2,1-2H3. The van der Waals surface area contributed by atoms with E-state index in [9.17, 15) is 4.79 Å². The fourth-order valence-electron chi connectivity index (χ4n) is 1.92. The summed E-state index contributed by atoms with van der Waals surface area (Å²) >= 11 is 0. The molecular weight excluding hydrogens is 240 g/mol. The topological polar surface area (TPSA) is 44.1 Å². The van der Waals surface area contributed by atoms with Crippen molar-refractivity contribution in [3.05, 3.63) is 47.8 Å². The molecule has 0 N–H and O–H groups in total. The number of carbonyl (C=O) groups is 1. The van der Waals surface area contributed by atoms with Crippen molar-refractivity contribution >= 4 is 5.78 Å². The molecule has 0 radical (unpaired) electrons. The van der Waals surface area contributed by atoms with Gasteiger partial charge in [-0.1, -0.05) is 12.1 Å². The number of aryl methyl sites for hydroxylation is 2. The van der Waals surface area contributed by atoms with Crippen LogP contribution in [0.1, 0.15) is 17.7 Å². The van der Waals surface area contributed by atoms with Gasteiger partial charge in [0.1, 0.15) is 11.5 Å². The van der Waals surface area contributed by atoms with Crippen LogP contribution < -0.4 is 4.74 Å². The summed E-state index contributed by atoms with van der Waals surface area (Å²) in [5, 5.41) is 4.21. The second kappa shape index (κ2) is 6.18. The Kier molecular flexibility index (Phi) is 4.34. The van der Waals surface area contributed by atoms with Gasteiger partial charge in [-0.05, 0) is 30.2 Å². The van der Waals surface area contributed by atoms with Gasteiger partial charge in [-0.15, -0.1) is 0 Å². The first-order chi connectivity index (χ1) is 9.17. The van der Waals surface area contributed by atoms with E-state index in [2.05, 4.69) is 5.10 Å². The molecule has 0 unspecified atom stereocenters. The van der Waals surface area contributed by atoms with E-state index in [1.54, 1.807) is 11.8 Å². The van der Waals surface area contributed by atoms with Crippen LogP contribution in [0.2, 0.25) is 0 Å². The molecule has 0 aliphatic heterocycles. The average Bonchev–Trinajstić information content (AvgIpc) is 2.82. The molecule has 2 rings (SSSR count). The minimum Gasteiger partial charge on any atom is -0.497 e. The van der Waals surface area contributed by atoms with Gasteiger partial charge in [0.2, 0.25) is 0 Å². The number of carbonyl (C=O) groups excluding carboxylic acids is 1. The molecule has 0 spiro atoms. The summed E-state index contributed by atoms with van der Waals surface area (Å²) in [7, 11) is 3.50. The SMILES string of the molecule is COc1ccc(CCC(=O)Cc2ccn(C)n2)cc1. The normalized spacial score (nSPS) is 10.4. The van der Waals surface area contributed by atoms with E-state index in [0.717, 1.165) is 23.4 Å².